The lowest BCUT2D eigenvalue weighted by Gasteiger charge is -2.22. The SMILES string of the molecule is CCN(C)c1cccc(F)c1[C@H](C)N. The van der Waals surface area contributed by atoms with Gasteiger partial charge < -0.3 is 10.6 Å². The molecule has 0 amide bonds. The summed E-state index contributed by atoms with van der Waals surface area (Å²) in [5.74, 6) is -0.224. The van der Waals surface area contributed by atoms with E-state index >= 15 is 0 Å². The van der Waals surface area contributed by atoms with E-state index in [1.807, 2.05) is 24.9 Å². The number of benzene rings is 1. The van der Waals surface area contributed by atoms with Crippen LogP contribution in [0.25, 0.3) is 0 Å². The van der Waals surface area contributed by atoms with Crippen molar-refractivity contribution in [3.05, 3.63) is 29.6 Å². The Bertz CT molecular complexity index is 310. The first-order valence-corrected chi connectivity index (χ1v) is 4.83. The first-order chi connectivity index (χ1) is 6.57. The molecule has 0 aliphatic rings. The van der Waals surface area contributed by atoms with Crippen LogP contribution in [-0.2, 0) is 0 Å². The van der Waals surface area contributed by atoms with Crippen LogP contribution < -0.4 is 10.6 Å². The lowest BCUT2D eigenvalue weighted by atomic mass is 10.1. The van der Waals surface area contributed by atoms with Crippen molar-refractivity contribution in [2.45, 2.75) is 19.9 Å². The lowest BCUT2D eigenvalue weighted by molar-refractivity contribution is 0.593. The van der Waals surface area contributed by atoms with Gasteiger partial charge in [0, 0.05) is 30.9 Å². The fourth-order valence-corrected chi connectivity index (χ4v) is 1.48. The molecular weight excluding hydrogens is 179 g/mol. The molecule has 2 N–H and O–H groups in total. The number of hydrogen-bond donors (Lipinski definition) is 1. The quantitative estimate of drug-likeness (QED) is 0.803. The predicted molar refractivity (Wildman–Crippen MR) is 57.9 cm³/mol. The number of halogens is 1. The van der Waals surface area contributed by atoms with Crippen molar-refractivity contribution in [1.82, 2.24) is 0 Å². The van der Waals surface area contributed by atoms with E-state index in [4.69, 9.17) is 5.73 Å². The molecule has 0 bridgehead atoms. The van der Waals surface area contributed by atoms with Crippen molar-refractivity contribution in [1.29, 1.82) is 0 Å². The van der Waals surface area contributed by atoms with Crippen molar-refractivity contribution in [2.75, 3.05) is 18.5 Å². The van der Waals surface area contributed by atoms with Gasteiger partial charge in [0.1, 0.15) is 5.82 Å². The van der Waals surface area contributed by atoms with Crippen molar-refractivity contribution in [3.8, 4) is 0 Å². The Morgan fingerprint density at radius 2 is 2.14 bits per heavy atom. The summed E-state index contributed by atoms with van der Waals surface area (Å²) in [5.41, 5.74) is 7.21. The molecule has 0 saturated heterocycles. The van der Waals surface area contributed by atoms with E-state index in [-0.39, 0.29) is 11.9 Å². The minimum atomic E-state index is -0.278. The van der Waals surface area contributed by atoms with Gasteiger partial charge in [-0.05, 0) is 26.0 Å². The van der Waals surface area contributed by atoms with Crippen LogP contribution in [0.1, 0.15) is 25.5 Å². The van der Waals surface area contributed by atoms with Gasteiger partial charge in [0.2, 0.25) is 0 Å². The zero-order chi connectivity index (χ0) is 10.7. The third kappa shape index (κ3) is 2.04. The zero-order valence-electron chi connectivity index (χ0n) is 8.92. The highest BCUT2D eigenvalue weighted by Gasteiger charge is 2.14. The Balaban J connectivity index is 3.21. The van der Waals surface area contributed by atoms with E-state index in [0.717, 1.165) is 12.2 Å². The first kappa shape index (κ1) is 11.0. The van der Waals surface area contributed by atoms with E-state index < -0.39 is 0 Å². The maximum Gasteiger partial charge on any atom is 0.130 e. The number of hydrogen-bond acceptors (Lipinski definition) is 2. The monoisotopic (exact) mass is 196 g/mol. The lowest BCUT2D eigenvalue weighted by Crippen LogP contribution is -2.20. The molecule has 78 valence electrons. The maximum absolute atomic E-state index is 13.5. The van der Waals surface area contributed by atoms with Gasteiger partial charge in [-0.2, -0.15) is 0 Å². The van der Waals surface area contributed by atoms with Gasteiger partial charge in [-0.1, -0.05) is 6.07 Å². The van der Waals surface area contributed by atoms with E-state index in [1.54, 1.807) is 13.0 Å². The molecule has 0 spiro atoms. The average Bonchev–Trinajstić information content (AvgIpc) is 2.15. The Kier molecular flexibility index (Phi) is 3.47. The molecule has 0 unspecified atom stereocenters. The molecule has 0 fully saturated rings. The van der Waals surface area contributed by atoms with Crippen LogP contribution in [0.3, 0.4) is 0 Å². The van der Waals surface area contributed by atoms with Gasteiger partial charge >= 0.3 is 0 Å². The molecule has 1 rings (SSSR count). The minimum Gasteiger partial charge on any atom is -0.375 e. The molecule has 0 radical (unpaired) electrons. The number of anilines is 1. The molecule has 14 heavy (non-hydrogen) atoms. The molecule has 1 atom stereocenters. The van der Waals surface area contributed by atoms with Gasteiger partial charge in [-0.15, -0.1) is 0 Å². The van der Waals surface area contributed by atoms with Crippen LogP contribution in [0.5, 0.6) is 0 Å². The topological polar surface area (TPSA) is 29.3 Å². The summed E-state index contributed by atoms with van der Waals surface area (Å²) in [4.78, 5) is 1.99. The molecule has 0 heterocycles. The van der Waals surface area contributed by atoms with Gasteiger partial charge in [-0.25, -0.2) is 4.39 Å². The number of nitrogens with two attached hydrogens (primary N) is 1. The van der Waals surface area contributed by atoms with Crippen molar-refractivity contribution < 1.29 is 4.39 Å². The summed E-state index contributed by atoms with van der Waals surface area (Å²) < 4.78 is 13.5. The standard InChI is InChI=1S/C11H17FN2/c1-4-14(3)10-7-5-6-9(12)11(10)8(2)13/h5-8H,4,13H2,1-3H3/t8-/m0/s1. The normalized spacial score (nSPS) is 12.6. The summed E-state index contributed by atoms with van der Waals surface area (Å²) in [6, 6.07) is 4.78. The largest absolute Gasteiger partial charge is 0.375 e. The van der Waals surface area contributed by atoms with Crippen LogP contribution in [0, 0.1) is 5.82 Å². The third-order valence-corrected chi connectivity index (χ3v) is 2.37. The summed E-state index contributed by atoms with van der Waals surface area (Å²) in [6.07, 6.45) is 0. The maximum atomic E-state index is 13.5. The fourth-order valence-electron chi connectivity index (χ4n) is 1.48. The Morgan fingerprint density at radius 3 is 2.64 bits per heavy atom. The van der Waals surface area contributed by atoms with Gasteiger partial charge in [0.15, 0.2) is 0 Å². The van der Waals surface area contributed by atoms with Gasteiger partial charge in [0.25, 0.3) is 0 Å². The predicted octanol–water partition coefficient (Wildman–Crippen LogP) is 2.30. The van der Waals surface area contributed by atoms with E-state index in [9.17, 15) is 4.39 Å². The molecule has 0 aliphatic carbocycles. The van der Waals surface area contributed by atoms with E-state index in [0.29, 0.717) is 5.56 Å². The molecule has 1 aromatic carbocycles. The van der Waals surface area contributed by atoms with Crippen molar-refractivity contribution in [3.63, 3.8) is 0 Å². The number of nitrogens with zero attached hydrogens (tertiary/aromatic N) is 1. The highest BCUT2D eigenvalue weighted by Crippen LogP contribution is 2.26. The summed E-state index contributed by atoms with van der Waals surface area (Å²) >= 11 is 0. The molecule has 1 aromatic rings. The zero-order valence-corrected chi connectivity index (χ0v) is 8.92. The molecule has 0 saturated carbocycles. The van der Waals surface area contributed by atoms with Crippen LogP contribution >= 0.6 is 0 Å². The van der Waals surface area contributed by atoms with Crippen LogP contribution in [0.2, 0.25) is 0 Å². The highest BCUT2D eigenvalue weighted by atomic mass is 19.1. The fraction of sp³-hybridized carbons (Fsp3) is 0.455. The van der Waals surface area contributed by atoms with Crippen molar-refractivity contribution in [2.24, 2.45) is 5.73 Å². The second-order valence-electron chi connectivity index (χ2n) is 3.48. The minimum absolute atomic E-state index is 0.224. The molecular formula is C11H17FN2. The second kappa shape index (κ2) is 4.42. The van der Waals surface area contributed by atoms with Gasteiger partial charge in [-0.3, -0.25) is 0 Å². The van der Waals surface area contributed by atoms with Crippen LogP contribution in [-0.4, -0.2) is 13.6 Å². The average molecular weight is 196 g/mol. The van der Waals surface area contributed by atoms with Crippen LogP contribution in [0.15, 0.2) is 18.2 Å². The molecule has 0 aromatic heterocycles. The smallest absolute Gasteiger partial charge is 0.130 e. The molecule has 3 heteroatoms. The highest BCUT2D eigenvalue weighted by molar-refractivity contribution is 5.54. The van der Waals surface area contributed by atoms with E-state index in [1.165, 1.54) is 6.07 Å². The van der Waals surface area contributed by atoms with Gasteiger partial charge in [0.05, 0.1) is 0 Å². The molecule has 0 aliphatic heterocycles. The Hall–Kier alpha value is -1.09. The van der Waals surface area contributed by atoms with Crippen molar-refractivity contribution >= 4 is 5.69 Å². The molecule has 2 nitrogen and oxygen atoms in total. The second-order valence-corrected chi connectivity index (χ2v) is 3.48. The Morgan fingerprint density at radius 1 is 1.50 bits per heavy atom. The summed E-state index contributed by atoms with van der Waals surface area (Å²) in [5, 5.41) is 0. The third-order valence-electron chi connectivity index (χ3n) is 2.37. The summed E-state index contributed by atoms with van der Waals surface area (Å²) in [7, 11) is 1.93. The number of rotatable bonds is 3. The summed E-state index contributed by atoms with van der Waals surface area (Å²) in [6.45, 7) is 4.66. The van der Waals surface area contributed by atoms with E-state index in [2.05, 4.69) is 0 Å². The Labute approximate surface area is 84.5 Å². The van der Waals surface area contributed by atoms with Crippen LogP contribution in [0.4, 0.5) is 10.1 Å². The first-order valence-electron chi connectivity index (χ1n) is 4.83.